The van der Waals surface area contributed by atoms with Crippen LogP contribution in [-0.4, -0.2) is 41.0 Å². The molecule has 5 nitrogen and oxygen atoms in total. The Labute approximate surface area is 151 Å². The van der Waals surface area contributed by atoms with Crippen molar-refractivity contribution in [3.05, 3.63) is 35.4 Å². The Morgan fingerprint density at radius 2 is 2.28 bits per heavy atom. The third-order valence-electron chi connectivity index (χ3n) is 4.57. The van der Waals surface area contributed by atoms with Gasteiger partial charge in [0, 0.05) is 25.0 Å². The van der Waals surface area contributed by atoms with Gasteiger partial charge in [-0.2, -0.15) is 0 Å². The summed E-state index contributed by atoms with van der Waals surface area (Å²) in [5.74, 6) is -0.398. The van der Waals surface area contributed by atoms with Crippen molar-refractivity contribution in [2.75, 3.05) is 19.7 Å². The van der Waals surface area contributed by atoms with E-state index in [0.717, 1.165) is 23.1 Å². The quantitative estimate of drug-likeness (QED) is 0.603. The standard InChI is InChI=1S/C19H24N2O3S/c1-3-5-10-21-16(12-14-8-11-25-18(14)21)17(22)20-9-6-7-15(13-20)19(23)24-4-2/h3,5,8,11-12,15H,4,6-7,9-10,13H2,1-2H3/b5-3-/t15-/m1/s1. The summed E-state index contributed by atoms with van der Waals surface area (Å²) in [5, 5.41) is 3.14. The molecule has 0 radical (unpaired) electrons. The van der Waals surface area contributed by atoms with E-state index in [1.165, 1.54) is 0 Å². The normalized spacial score (nSPS) is 18.2. The maximum Gasteiger partial charge on any atom is 0.310 e. The van der Waals surface area contributed by atoms with Crippen LogP contribution in [0.25, 0.3) is 10.2 Å². The van der Waals surface area contributed by atoms with E-state index >= 15 is 0 Å². The Morgan fingerprint density at radius 3 is 3.04 bits per heavy atom. The van der Waals surface area contributed by atoms with Gasteiger partial charge in [-0.3, -0.25) is 9.59 Å². The van der Waals surface area contributed by atoms with Crippen molar-refractivity contribution in [1.82, 2.24) is 9.47 Å². The lowest BCUT2D eigenvalue weighted by molar-refractivity contribution is -0.149. The number of allylic oxidation sites excluding steroid dienone is 2. The molecule has 3 heterocycles. The predicted molar refractivity (Wildman–Crippen MR) is 99.9 cm³/mol. The Bertz CT molecular complexity index is 790. The van der Waals surface area contributed by atoms with E-state index in [1.54, 1.807) is 16.2 Å². The first-order valence-corrected chi connectivity index (χ1v) is 9.67. The maximum absolute atomic E-state index is 13.1. The second-order valence-corrected chi connectivity index (χ2v) is 7.13. The van der Waals surface area contributed by atoms with Crippen LogP contribution in [0, 0.1) is 5.92 Å². The van der Waals surface area contributed by atoms with Crippen LogP contribution in [0.2, 0.25) is 0 Å². The molecule has 0 aromatic carbocycles. The maximum atomic E-state index is 13.1. The number of hydrogen-bond acceptors (Lipinski definition) is 4. The molecule has 1 amide bonds. The summed E-state index contributed by atoms with van der Waals surface area (Å²) in [6, 6.07) is 4.01. The molecule has 25 heavy (non-hydrogen) atoms. The van der Waals surface area contributed by atoms with E-state index < -0.39 is 0 Å². The molecule has 0 N–H and O–H groups in total. The first-order valence-electron chi connectivity index (χ1n) is 8.79. The average molecular weight is 360 g/mol. The van der Waals surface area contributed by atoms with Gasteiger partial charge in [-0.1, -0.05) is 12.2 Å². The van der Waals surface area contributed by atoms with E-state index in [0.29, 0.717) is 31.9 Å². The molecule has 1 fully saturated rings. The summed E-state index contributed by atoms with van der Waals surface area (Å²) >= 11 is 1.65. The molecular weight excluding hydrogens is 336 g/mol. The highest BCUT2D eigenvalue weighted by Crippen LogP contribution is 2.27. The SMILES string of the molecule is C/C=C\Cn1c(C(=O)N2CCC[C@@H](C(=O)OCC)C2)cc2ccsc21. The van der Waals surface area contributed by atoms with Crippen molar-refractivity contribution in [2.45, 2.75) is 33.2 Å². The van der Waals surface area contributed by atoms with Crippen molar-refractivity contribution in [1.29, 1.82) is 0 Å². The minimum Gasteiger partial charge on any atom is -0.466 e. The van der Waals surface area contributed by atoms with Gasteiger partial charge in [0.05, 0.1) is 12.5 Å². The Kier molecular flexibility index (Phi) is 5.58. The van der Waals surface area contributed by atoms with Crippen molar-refractivity contribution in [3.8, 4) is 0 Å². The molecule has 1 aliphatic rings. The smallest absolute Gasteiger partial charge is 0.310 e. The average Bonchev–Trinajstić information content (AvgIpc) is 3.21. The van der Waals surface area contributed by atoms with Crippen molar-refractivity contribution >= 4 is 33.4 Å². The van der Waals surface area contributed by atoms with E-state index in [1.807, 2.05) is 43.5 Å². The zero-order valence-corrected chi connectivity index (χ0v) is 15.6. The molecule has 3 rings (SSSR count). The molecule has 0 bridgehead atoms. The van der Waals surface area contributed by atoms with Crippen LogP contribution in [0.4, 0.5) is 0 Å². The minimum absolute atomic E-state index is 0.00176. The fourth-order valence-electron chi connectivity index (χ4n) is 3.32. The minimum atomic E-state index is -0.210. The van der Waals surface area contributed by atoms with Crippen LogP contribution in [0.3, 0.4) is 0 Å². The summed E-state index contributed by atoms with van der Waals surface area (Å²) in [4.78, 5) is 28.1. The number of ether oxygens (including phenoxy) is 1. The van der Waals surface area contributed by atoms with Gasteiger partial charge in [-0.05, 0) is 44.2 Å². The monoisotopic (exact) mass is 360 g/mol. The zero-order chi connectivity index (χ0) is 17.8. The summed E-state index contributed by atoms with van der Waals surface area (Å²) in [6.07, 6.45) is 5.66. The third-order valence-corrected chi connectivity index (χ3v) is 5.53. The van der Waals surface area contributed by atoms with Gasteiger partial charge in [0.2, 0.25) is 0 Å². The number of esters is 1. The number of amides is 1. The summed E-state index contributed by atoms with van der Waals surface area (Å²) < 4.78 is 7.20. The van der Waals surface area contributed by atoms with Crippen LogP contribution < -0.4 is 0 Å². The molecule has 6 heteroatoms. The van der Waals surface area contributed by atoms with E-state index in [9.17, 15) is 9.59 Å². The van der Waals surface area contributed by atoms with Crippen molar-refractivity contribution in [3.63, 3.8) is 0 Å². The third kappa shape index (κ3) is 3.63. The van der Waals surface area contributed by atoms with Gasteiger partial charge in [0.1, 0.15) is 10.5 Å². The second-order valence-electron chi connectivity index (χ2n) is 6.23. The molecule has 2 aromatic heterocycles. The molecule has 0 spiro atoms. The molecule has 134 valence electrons. The summed E-state index contributed by atoms with van der Waals surface area (Å²) in [6.45, 7) is 5.98. The van der Waals surface area contributed by atoms with Gasteiger partial charge in [0.25, 0.3) is 5.91 Å². The van der Waals surface area contributed by atoms with E-state index in [2.05, 4.69) is 4.57 Å². The number of nitrogens with zero attached hydrogens (tertiary/aromatic N) is 2. The highest BCUT2D eigenvalue weighted by Gasteiger charge is 2.31. The van der Waals surface area contributed by atoms with E-state index in [4.69, 9.17) is 4.74 Å². The topological polar surface area (TPSA) is 51.5 Å². The molecule has 0 unspecified atom stereocenters. The number of piperidine rings is 1. The lowest BCUT2D eigenvalue weighted by Gasteiger charge is -2.31. The van der Waals surface area contributed by atoms with Crippen LogP contribution in [-0.2, 0) is 16.1 Å². The molecular formula is C19H24N2O3S. The van der Waals surface area contributed by atoms with E-state index in [-0.39, 0.29) is 17.8 Å². The number of rotatable bonds is 5. The number of carbonyl (C=O) groups excluding carboxylic acids is 2. The molecule has 2 aromatic rings. The summed E-state index contributed by atoms with van der Waals surface area (Å²) in [5.41, 5.74) is 0.699. The largest absolute Gasteiger partial charge is 0.466 e. The number of aromatic nitrogens is 1. The van der Waals surface area contributed by atoms with Gasteiger partial charge in [-0.25, -0.2) is 0 Å². The number of fused-ring (bicyclic) bond motifs is 1. The fraction of sp³-hybridized carbons (Fsp3) is 0.474. The molecule has 0 saturated carbocycles. The van der Waals surface area contributed by atoms with Gasteiger partial charge in [0.15, 0.2) is 0 Å². The van der Waals surface area contributed by atoms with Crippen LogP contribution in [0.5, 0.6) is 0 Å². The van der Waals surface area contributed by atoms with Gasteiger partial charge in [-0.15, -0.1) is 11.3 Å². The number of thiophene rings is 1. The number of hydrogen-bond donors (Lipinski definition) is 0. The summed E-state index contributed by atoms with van der Waals surface area (Å²) in [7, 11) is 0. The molecule has 1 aliphatic heterocycles. The first-order chi connectivity index (χ1) is 12.2. The second kappa shape index (κ2) is 7.87. The molecule has 0 aliphatic carbocycles. The molecule has 1 saturated heterocycles. The first kappa shape index (κ1) is 17.7. The Hall–Kier alpha value is -2.08. The van der Waals surface area contributed by atoms with Crippen LogP contribution in [0.15, 0.2) is 29.7 Å². The van der Waals surface area contributed by atoms with Crippen LogP contribution in [0.1, 0.15) is 37.2 Å². The fourth-order valence-corrected chi connectivity index (χ4v) is 4.23. The van der Waals surface area contributed by atoms with Gasteiger partial charge >= 0.3 is 5.97 Å². The highest BCUT2D eigenvalue weighted by molar-refractivity contribution is 7.16. The Balaban J connectivity index is 1.83. The van der Waals surface area contributed by atoms with Crippen LogP contribution >= 0.6 is 11.3 Å². The van der Waals surface area contributed by atoms with Gasteiger partial charge < -0.3 is 14.2 Å². The number of carbonyl (C=O) groups is 2. The van der Waals surface area contributed by atoms with Crippen molar-refractivity contribution < 1.29 is 14.3 Å². The van der Waals surface area contributed by atoms with Crippen molar-refractivity contribution in [2.24, 2.45) is 5.92 Å². The number of likely N-dealkylation sites (tertiary alicyclic amines) is 1. The predicted octanol–water partition coefficient (Wildman–Crippen LogP) is 3.69. The lowest BCUT2D eigenvalue weighted by Crippen LogP contribution is -2.43. The lowest BCUT2D eigenvalue weighted by atomic mass is 9.98. The zero-order valence-electron chi connectivity index (χ0n) is 14.7. The Morgan fingerprint density at radius 1 is 1.44 bits per heavy atom. The highest BCUT2D eigenvalue weighted by atomic mass is 32.1. The molecule has 1 atom stereocenters.